The van der Waals surface area contributed by atoms with Gasteiger partial charge >= 0.3 is 6.61 Å². The third kappa shape index (κ3) is 4.46. The topological polar surface area (TPSA) is 60.7 Å². The predicted octanol–water partition coefficient (Wildman–Crippen LogP) is 4.63. The number of methoxy groups -OCH3 is 1. The Balaban J connectivity index is 1.67. The van der Waals surface area contributed by atoms with Crippen LogP contribution in [0.2, 0.25) is 0 Å². The molecule has 3 aromatic rings. The molecule has 0 spiro atoms. The van der Waals surface area contributed by atoms with Gasteiger partial charge in [0, 0.05) is 6.54 Å². The number of ether oxygens (including phenoxy) is 2. The van der Waals surface area contributed by atoms with Crippen molar-refractivity contribution in [1.82, 2.24) is 5.32 Å². The van der Waals surface area contributed by atoms with Crippen LogP contribution in [-0.4, -0.2) is 19.6 Å². The normalized spacial score (nSPS) is 10.8. The number of halogens is 3. The van der Waals surface area contributed by atoms with E-state index >= 15 is 0 Å². The van der Waals surface area contributed by atoms with Gasteiger partial charge in [-0.1, -0.05) is 18.2 Å². The minimum Gasteiger partial charge on any atom is -0.493 e. The standard InChI is InChI=1S/C20H16F3NO4/c1-26-18-10-12(6-7-16(18)28-20(22)23)11-24-19(25)17-9-8-15(27-17)13-4-2-3-5-14(13)21/h2-10,20H,11H2,1H3,(H,24,25). The van der Waals surface area contributed by atoms with Crippen molar-refractivity contribution in [2.45, 2.75) is 13.2 Å². The number of furan rings is 1. The lowest BCUT2D eigenvalue weighted by molar-refractivity contribution is -0.0512. The largest absolute Gasteiger partial charge is 0.493 e. The number of hydrogen-bond donors (Lipinski definition) is 1. The highest BCUT2D eigenvalue weighted by Crippen LogP contribution is 2.29. The Kier molecular flexibility index (Phi) is 5.88. The van der Waals surface area contributed by atoms with Crippen LogP contribution < -0.4 is 14.8 Å². The predicted molar refractivity (Wildman–Crippen MR) is 94.9 cm³/mol. The summed E-state index contributed by atoms with van der Waals surface area (Å²) in [4.78, 5) is 12.3. The number of alkyl halides is 2. The minimum atomic E-state index is -2.97. The highest BCUT2D eigenvalue weighted by Gasteiger charge is 2.15. The van der Waals surface area contributed by atoms with Gasteiger partial charge in [0.2, 0.25) is 0 Å². The maximum atomic E-state index is 13.8. The van der Waals surface area contributed by atoms with Crippen molar-refractivity contribution < 1.29 is 31.9 Å². The Labute approximate surface area is 158 Å². The van der Waals surface area contributed by atoms with Crippen LogP contribution in [0.3, 0.4) is 0 Å². The Morgan fingerprint density at radius 2 is 1.89 bits per heavy atom. The molecule has 0 fully saturated rings. The number of rotatable bonds is 7. The van der Waals surface area contributed by atoms with E-state index in [1.54, 1.807) is 18.2 Å². The Bertz CT molecular complexity index is 972. The summed E-state index contributed by atoms with van der Waals surface area (Å²) in [5, 5.41) is 2.64. The van der Waals surface area contributed by atoms with Crippen LogP contribution in [0, 0.1) is 5.82 Å². The molecule has 0 aliphatic heterocycles. The molecule has 0 saturated heterocycles. The van der Waals surface area contributed by atoms with Crippen LogP contribution in [0.1, 0.15) is 16.1 Å². The molecule has 146 valence electrons. The monoisotopic (exact) mass is 391 g/mol. The van der Waals surface area contributed by atoms with Crippen molar-refractivity contribution in [2.75, 3.05) is 7.11 Å². The third-order valence-corrected chi connectivity index (χ3v) is 3.87. The second-order valence-electron chi connectivity index (χ2n) is 5.69. The van der Waals surface area contributed by atoms with Crippen molar-refractivity contribution in [3.05, 3.63) is 71.7 Å². The van der Waals surface area contributed by atoms with Crippen molar-refractivity contribution in [2.24, 2.45) is 0 Å². The van der Waals surface area contributed by atoms with Gasteiger partial charge < -0.3 is 19.2 Å². The zero-order valence-corrected chi connectivity index (χ0v) is 14.7. The average Bonchev–Trinajstić information content (AvgIpc) is 3.17. The highest BCUT2D eigenvalue weighted by molar-refractivity contribution is 5.92. The zero-order chi connectivity index (χ0) is 20.1. The van der Waals surface area contributed by atoms with Gasteiger partial charge in [-0.05, 0) is 42.0 Å². The second kappa shape index (κ2) is 8.51. The van der Waals surface area contributed by atoms with Crippen molar-refractivity contribution in [3.63, 3.8) is 0 Å². The molecule has 0 bridgehead atoms. The van der Waals surface area contributed by atoms with E-state index < -0.39 is 18.3 Å². The van der Waals surface area contributed by atoms with E-state index in [1.807, 2.05) is 0 Å². The van der Waals surface area contributed by atoms with E-state index in [-0.39, 0.29) is 35.1 Å². The summed E-state index contributed by atoms with van der Waals surface area (Å²) < 4.78 is 53.3. The molecule has 2 aromatic carbocycles. The molecule has 28 heavy (non-hydrogen) atoms. The lowest BCUT2D eigenvalue weighted by Gasteiger charge is -2.11. The number of nitrogens with one attached hydrogen (secondary N) is 1. The zero-order valence-electron chi connectivity index (χ0n) is 14.7. The van der Waals surface area contributed by atoms with E-state index in [4.69, 9.17) is 9.15 Å². The van der Waals surface area contributed by atoms with E-state index in [2.05, 4.69) is 10.1 Å². The Morgan fingerprint density at radius 3 is 2.61 bits per heavy atom. The molecule has 0 aliphatic rings. The lowest BCUT2D eigenvalue weighted by atomic mass is 10.1. The van der Waals surface area contributed by atoms with Gasteiger partial charge in [0.15, 0.2) is 17.3 Å². The molecule has 0 aliphatic carbocycles. The van der Waals surface area contributed by atoms with Gasteiger partial charge in [-0.2, -0.15) is 8.78 Å². The van der Waals surface area contributed by atoms with Crippen LogP contribution >= 0.6 is 0 Å². The van der Waals surface area contributed by atoms with E-state index in [9.17, 15) is 18.0 Å². The molecule has 0 radical (unpaired) electrons. The van der Waals surface area contributed by atoms with Crippen LogP contribution in [0.4, 0.5) is 13.2 Å². The molecular weight excluding hydrogens is 375 g/mol. The van der Waals surface area contributed by atoms with E-state index in [0.29, 0.717) is 5.56 Å². The molecule has 1 heterocycles. The fourth-order valence-corrected chi connectivity index (χ4v) is 2.55. The smallest absolute Gasteiger partial charge is 0.387 e. The van der Waals surface area contributed by atoms with E-state index in [1.165, 1.54) is 43.5 Å². The van der Waals surface area contributed by atoms with Crippen LogP contribution in [-0.2, 0) is 6.54 Å². The first kappa shape index (κ1) is 19.3. The molecule has 5 nitrogen and oxygen atoms in total. The van der Waals surface area contributed by atoms with E-state index in [0.717, 1.165) is 0 Å². The Hall–Kier alpha value is -3.42. The quantitative estimate of drug-likeness (QED) is 0.638. The summed E-state index contributed by atoms with van der Waals surface area (Å²) in [6, 6.07) is 13.3. The van der Waals surface area contributed by atoms with Crippen LogP contribution in [0.25, 0.3) is 11.3 Å². The molecule has 1 aromatic heterocycles. The van der Waals surface area contributed by atoms with Gasteiger partial charge in [0.25, 0.3) is 5.91 Å². The summed E-state index contributed by atoms with van der Waals surface area (Å²) in [6.07, 6.45) is 0. The Morgan fingerprint density at radius 1 is 1.11 bits per heavy atom. The van der Waals surface area contributed by atoms with Crippen molar-refractivity contribution >= 4 is 5.91 Å². The fourth-order valence-electron chi connectivity index (χ4n) is 2.55. The average molecular weight is 391 g/mol. The van der Waals surface area contributed by atoms with Crippen LogP contribution in [0.15, 0.2) is 59.0 Å². The van der Waals surface area contributed by atoms with Gasteiger partial charge in [0.05, 0.1) is 12.7 Å². The first-order valence-corrected chi connectivity index (χ1v) is 8.22. The summed E-state index contributed by atoms with van der Waals surface area (Å²) in [6.45, 7) is -2.87. The van der Waals surface area contributed by atoms with Gasteiger partial charge in [-0.25, -0.2) is 4.39 Å². The molecule has 1 N–H and O–H groups in total. The molecule has 3 rings (SSSR count). The molecule has 0 saturated carbocycles. The summed E-state index contributed by atoms with van der Waals surface area (Å²) >= 11 is 0. The first-order valence-electron chi connectivity index (χ1n) is 8.22. The lowest BCUT2D eigenvalue weighted by Crippen LogP contribution is -2.22. The van der Waals surface area contributed by atoms with Gasteiger partial charge in [-0.3, -0.25) is 4.79 Å². The number of benzene rings is 2. The van der Waals surface area contributed by atoms with Gasteiger partial charge in [-0.15, -0.1) is 0 Å². The number of carbonyl (C=O) groups excluding carboxylic acids is 1. The SMILES string of the molecule is COc1cc(CNC(=O)c2ccc(-c3ccccc3F)o2)ccc1OC(F)F. The van der Waals surface area contributed by atoms with Gasteiger partial charge in [0.1, 0.15) is 11.6 Å². The van der Waals surface area contributed by atoms with Crippen LogP contribution in [0.5, 0.6) is 11.5 Å². The number of hydrogen-bond acceptors (Lipinski definition) is 4. The molecule has 1 amide bonds. The van der Waals surface area contributed by atoms with Crippen molar-refractivity contribution in [3.8, 4) is 22.8 Å². The molecule has 8 heteroatoms. The summed E-state index contributed by atoms with van der Waals surface area (Å²) in [7, 11) is 1.32. The molecular formula is C20H16F3NO4. The maximum Gasteiger partial charge on any atom is 0.387 e. The highest BCUT2D eigenvalue weighted by atomic mass is 19.3. The molecule has 0 unspecified atom stereocenters. The van der Waals surface area contributed by atoms with Crippen molar-refractivity contribution in [1.29, 1.82) is 0 Å². The summed E-state index contributed by atoms with van der Waals surface area (Å²) in [5.41, 5.74) is 0.855. The second-order valence-corrected chi connectivity index (χ2v) is 5.69. The maximum absolute atomic E-state index is 13.8. The minimum absolute atomic E-state index is 0.0165. The first-order chi connectivity index (χ1) is 13.5. The fraction of sp³-hybridized carbons (Fsp3) is 0.150. The summed E-state index contributed by atoms with van der Waals surface area (Å²) in [5.74, 6) is -0.696. The number of carbonyl (C=O) groups is 1. The molecule has 0 atom stereocenters. The third-order valence-electron chi connectivity index (χ3n) is 3.87. The number of amides is 1.